The molecule has 0 radical (unpaired) electrons. The molecule has 0 fully saturated rings. The molecule has 0 aliphatic heterocycles. The van der Waals surface area contributed by atoms with E-state index in [-0.39, 0.29) is 0 Å². The first-order valence-electron chi connectivity index (χ1n) is 7.76. The highest BCUT2D eigenvalue weighted by Gasteiger charge is 2.00. The van der Waals surface area contributed by atoms with Crippen LogP contribution in [0.4, 0.5) is 5.69 Å². The molecule has 0 bridgehead atoms. The molecule has 3 nitrogen and oxygen atoms in total. The number of rotatable bonds is 8. The van der Waals surface area contributed by atoms with Crippen LogP contribution >= 0.6 is 0 Å². The van der Waals surface area contributed by atoms with Crippen LogP contribution in [-0.2, 0) is 13.0 Å². The zero-order chi connectivity index (χ0) is 14.9. The summed E-state index contributed by atoms with van der Waals surface area (Å²) in [7, 11) is 0. The van der Waals surface area contributed by atoms with E-state index >= 15 is 0 Å². The zero-order valence-corrected chi connectivity index (χ0v) is 13.0. The fourth-order valence-corrected chi connectivity index (χ4v) is 2.32. The van der Waals surface area contributed by atoms with Gasteiger partial charge in [-0.25, -0.2) is 0 Å². The van der Waals surface area contributed by atoms with Crippen molar-refractivity contribution in [1.82, 2.24) is 9.88 Å². The quantitative estimate of drug-likeness (QED) is 0.802. The molecule has 0 saturated heterocycles. The number of aromatic nitrogens is 1. The molecule has 0 saturated carbocycles. The first-order valence-corrected chi connectivity index (χ1v) is 7.76. The van der Waals surface area contributed by atoms with Crippen LogP contribution in [0, 0.1) is 0 Å². The molecule has 0 aliphatic rings. The van der Waals surface area contributed by atoms with Crippen LogP contribution in [-0.4, -0.2) is 29.5 Å². The van der Waals surface area contributed by atoms with Crippen LogP contribution in [0.2, 0.25) is 0 Å². The lowest BCUT2D eigenvalue weighted by molar-refractivity contribution is 0.308. The number of nitrogens with one attached hydrogen (secondary N) is 1. The van der Waals surface area contributed by atoms with E-state index in [9.17, 15) is 0 Å². The number of likely N-dealkylation sites (N-methyl/N-ethyl adjacent to an activating group) is 1. The van der Waals surface area contributed by atoms with Gasteiger partial charge in [0.15, 0.2) is 0 Å². The minimum Gasteiger partial charge on any atom is -0.381 e. The average molecular weight is 283 g/mol. The fraction of sp³-hybridized carbons (Fsp3) is 0.389. The van der Waals surface area contributed by atoms with Crippen LogP contribution in [0.3, 0.4) is 0 Å². The van der Waals surface area contributed by atoms with Gasteiger partial charge in [-0.05, 0) is 48.8 Å². The van der Waals surface area contributed by atoms with Gasteiger partial charge in [0.05, 0.1) is 0 Å². The molecule has 2 rings (SSSR count). The Morgan fingerprint density at radius 3 is 2.38 bits per heavy atom. The van der Waals surface area contributed by atoms with Gasteiger partial charge in [-0.2, -0.15) is 0 Å². The molecule has 0 aliphatic carbocycles. The lowest BCUT2D eigenvalue weighted by atomic mass is 10.1. The highest BCUT2D eigenvalue weighted by Crippen LogP contribution is 2.12. The molecule has 0 amide bonds. The zero-order valence-electron chi connectivity index (χ0n) is 13.0. The molecular weight excluding hydrogens is 258 g/mol. The number of hydrogen-bond donors (Lipinski definition) is 1. The van der Waals surface area contributed by atoms with Gasteiger partial charge in [0.2, 0.25) is 0 Å². The Labute approximate surface area is 128 Å². The van der Waals surface area contributed by atoms with E-state index in [0.29, 0.717) is 0 Å². The van der Waals surface area contributed by atoms with Gasteiger partial charge in [0.25, 0.3) is 0 Å². The van der Waals surface area contributed by atoms with Crippen molar-refractivity contribution in [1.29, 1.82) is 0 Å². The molecule has 1 N–H and O–H groups in total. The topological polar surface area (TPSA) is 28.2 Å². The number of anilines is 1. The largest absolute Gasteiger partial charge is 0.381 e. The van der Waals surface area contributed by atoms with Crippen molar-refractivity contribution in [3.05, 3.63) is 59.9 Å². The maximum Gasteiger partial charge on any atom is 0.0416 e. The summed E-state index contributed by atoms with van der Waals surface area (Å²) in [6, 6.07) is 12.8. The van der Waals surface area contributed by atoms with Gasteiger partial charge in [-0.15, -0.1) is 0 Å². The second-order valence-corrected chi connectivity index (χ2v) is 5.19. The number of pyridine rings is 1. The summed E-state index contributed by atoms with van der Waals surface area (Å²) < 4.78 is 0. The van der Waals surface area contributed by atoms with Gasteiger partial charge in [0.1, 0.15) is 0 Å². The van der Waals surface area contributed by atoms with Crippen LogP contribution in [0.15, 0.2) is 48.8 Å². The summed E-state index contributed by atoms with van der Waals surface area (Å²) in [6.07, 6.45) is 4.81. The van der Waals surface area contributed by atoms with Crippen LogP contribution < -0.4 is 5.32 Å². The predicted molar refractivity (Wildman–Crippen MR) is 89.5 cm³/mol. The summed E-state index contributed by atoms with van der Waals surface area (Å²) in [5, 5.41) is 3.42. The molecule has 1 heterocycles. The average Bonchev–Trinajstić information content (AvgIpc) is 2.56. The van der Waals surface area contributed by atoms with Gasteiger partial charge in [-0.1, -0.05) is 32.0 Å². The lowest BCUT2D eigenvalue weighted by Gasteiger charge is -2.17. The van der Waals surface area contributed by atoms with Crippen LogP contribution in [0.25, 0.3) is 0 Å². The van der Waals surface area contributed by atoms with E-state index < -0.39 is 0 Å². The molecule has 0 atom stereocenters. The van der Waals surface area contributed by atoms with Gasteiger partial charge in [0, 0.05) is 31.2 Å². The molecule has 112 valence electrons. The predicted octanol–water partition coefficient (Wildman–Crippen LogP) is 3.58. The minimum atomic E-state index is 0.812. The van der Waals surface area contributed by atoms with Crippen LogP contribution in [0.1, 0.15) is 25.0 Å². The molecular formula is C18H25N3. The maximum absolute atomic E-state index is 4.12. The minimum absolute atomic E-state index is 0.812. The van der Waals surface area contributed by atoms with Crippen molar-refractivity contribution in [3.8, 4) is 0 Å². The van der Waals surface area contributed by atoms with E-state index in [0.717, 1.165) is 38.3 Å². The Morgan fingerprint density at radius 1 is 1.00 bits per heavy atom. The second-order valence-electron chi connectivity index (χ2n) is 5.19. The summed E-state index contributed by atoms with van der Waals surface area (Å²) in [6.45, 7) is 8.63. The van der Waals surface area contributed by atoms with Crippen molar-refractivity contribution >= 4 is 5.69 Å². The van der Waals surface area contributed by atoms with Gasteiger partial charge >= 0.3 is 0 Å². The second kappa shape index (κ2) is 8.42. The van der Waals surface area contributed by atoms with Crippen molar-refractivity contribution in [3.63, 3.8) is 0 Å². The van der Waals surface area contributed by atoms with E-state index in [4.69, 9.17) is 0 Å². The molecule has 0 unspecified atom stereocenters. The van der Waals surface area contributed by atoms with Crippen LogP contribution in [0.5, 0.6) is 0 Å². The summed E-state index contributed by atoms with van der Waals surface area (Å²) in [4.78, 5) is 6.58. The van der Waals surface area contributed by atoms with E-state index in [1.807, 2.05) is 12.3 Å². The SMILES string of the molecule is CCN(CC)CCc1ccc(NCc2cccnc2)cc1. The Kier molecular flexibility index (Phi) is 6.22. The van der Waals surface area contributed by atoms with Gasteiger partial charge < -0.3 is 10.2 Å². The molecule has 2 aromatic rings. The Morgan fingerprint density at radius 2 is 1.76 bits per heavy atom. The van der Waals surface area contributed by atoms with E-state index in [1.165, 1.54) is 11.1 Å². The third-order valence-electron chi connectivity index (χ3n) is 3.78. The monoisotopic (exact) mass is 283 g/mol. The van der Waals surface area contributed by atoms with Gasteiger partial charge in [-0.3, -0.25) is 4.98 Å². The normalized spacial score (nSPS) is 10.8. The standard InChI is InChI=1S/C18H25N3/c1-3-21(4-2)13-11-16-7-9-18(10-8-16)20-15-17-6-5-12-19-14-17/h5-10,12,14,20H,3-4,11,13,15H2,1-2H3. The van der Waals surface area contributed by atoms with E-state index in [2.05, 4.69) is 59.4 Å². The number of benzene rings is 1. The van der Waals surface area contributed by atoms with E-state index in [1.54, 1.807) is 6.20 Å². The van der Waals surface area contributed by atoms with Crippen molar-refractivity contribution in [2.45, 2.75) is 26.8 Å². The summed E-state index contributed by atoms with van der Waals surface area (Å²) in [5.74, 6) is 0. The Hall–Kier alpha value is -1.87. The highest BCUT2D eigenvalue weighted by atomic mass is 15.1. The fourth-order valence-electron chi connectivity index (χ4n) is 2.32. The first kappa shape index (κ1) is 15.5. The summed E-state index contributed by atoms with van der Waals surface area (Å²) in [5.41, 5.74) is 3.75. The smallest absolute Gasteiger partial charge is 0.0416 e. The first-order chi connectivity index (χ1) is 10.3. The van der Waals surface area contributed by atoms with Crippen molar-refractivity contribution in [2.24, 2.45) is 0 Å². The Balaban J connectivity index is 1.81. The third kappa shape index (κ3) is 5.20. The lowest BCUT2D eigenvalue weighted by Crippen LogP contribution is -2.25. The molecule has 1 aromatic carbocycles. The van der Waals surface area contributed by atoms with Crippen molar-refractivity contribution in [2.75, 3.05) is 25.0 Å². The molecule has 0 spiro atoms. The maximum atomic E-state index is 4.12. The molecule has 1 aromatic heterocycles. The number of nitrogens with zero attached hydrogens (tertiary/aromatic N) is 2. The summed E-state index contributed by atoms with van der Waals surface area (Å²) >= 11 is 0. The third-order valence-corrected chi connectivity index (χ3v) is 3.78. The highest BCUT2D eigenvalue weighted by molar-refractivity contribution is 5.45. The Bertz CT molecular complexity index is 504. The molecule has 21 heavy (non-hydrogen) atoms. The molecule has 3 heteroatoms. The number of hydrogen-bond acceptors (Lipinski definition) is 3. The van der Waals surface area contributed by atoms with Crippen molar-refractivity contribution < 1.29 is 0 Å².